The number of rotatable bonds is 0. The molecule has 0 aromatic heterocycles. The zero-order valence-electron chi connectivity index (χ0n) is 8.79. The molecule has 3 fully saturated rings. The molecule has 0 aromatic carbocycles. The topological polar surface area (TPSA) is 26.3 Å². The molecule has 2 aliphatic carbocycles. The van der Waals surface area contributed by atoms with E-state index in [0.717, 1.165) is 19.4 Å². The van der Waals surface area contributed by atoms with Gasteiger partial charge in [0.15, 0.2) is 0 Å². The van der Waals surface area contributed by atoms with Crippen molar-refractivity contribution in [3.63, 3.8) is 0 Å². The Bertz CT molecular complexity index is 273. The van der Waals surface area contributed by atoms with E-state index < -0.39 is 0 Å². The largest absolute Gasteiger partial charge is 0.377 e. The molecule has 4 atom stereocenters. The third-order valence-electron chi connectivity index (χ3n) is 4.84. The molecule has 2 heteroatoms. The normalized spacial score (nSPS) is 51.8. The molecule has 0 bridgehead atoms. The lowest BCUT2D eigenvalue weighted by Crippen LogP contribution is -2.43. The molecule has 1 saturated heterocycles. The van der Waals surface area contributed by atoms with E-state index in [1.165, 1.54) is 19.3 Å². The Hall–Kier alpha value is -0.370. The monoisotopic (exact) mass is 194 g/mol. The van der Waals surface area contributed by atoms with Gasteiger partial charge in [0.05, 0.1) is 18.1 Å². The summed E-state index contributed by atoms with van der Waals surface area (Å²) in [6, 6.07) is 0. The zero-order valence-corrected chi connectivity index (χ0v) is 8.79. The maximum absolute atomic E-state index is 12.1. The summed E-state index contributed by atoms with van der Waals surface area (Å²) in [5.41, 5.74) is -0.0301. The first-order chi connectivity index (χ1) is 6.75. The van der Waals surface area contributed by atoms with Crippen molar-refractivity contribution in [3.05, 3.63) is 0 Å². The fraction of sp³-hybridized carbons (Fsp3) is 0.917. The van der Waals surface area contributed by atoms with Crippen molar-refractivity contribution in [1.29, 1.82) is 0 Å². The Morgan fingerprint density at radius 2 is 2.21 bits per heavy atom. The Morgan fingerprint density at radius 1 is 1.36 bits per heavy atom. The summed E-state index contributed by atoms with van der Waals surface area (Å²) in [6.45, 7) is 2.87. The van der Waals surface area contributed by atoms with Gasteiger partial charge < -0.3 is 4.74 Å². The molecule has 0 unspecified atom stereocenters. The van der Waals surface area contributed by atoms with E-state index in [1.807, 2.05) is 0 Å². The van der Waals surface area contributed by atoms with Gasteiger partial charge in [-0.2, -0.15) is 0 Å². The van der Waals surface area contributed by atoms with Crippen molar-refractivity contribution in [1.82, 2.24) is 0 Å². The third kappa shape index (κ3) is 0.881. The fourth-order valence-corrected chi connectivity index (χ4v) is 4.12. The maximum Gasteiger partial charge on any atom is 0.141 e. The molecule has 78 valence electrons. The van der Waals surface area contributed by atoms with E-state index in [-0.39, 0.29) is 5.41 Å². The molecule has 1 spiro atoms. The zero-order chi connectivity index (χ0) is 9.76. The summed E-state index contributed by atoms with van der Waals surface area (Å²) in [6.07, 6.45) is 6.00. The van der Waals surface area contributed by atoms with Crippen LogP contribution in [0.3, 0.4) is 0 Å². The molecule has 2 nitrogen and oxygen atoms in total. The summed E-state index contributed by atoms with van der Waals surface area (Å²) >= 11 is 0. The van der Waals surface area contributed by atoms with Crippen molar-refractivity contribution in [2.75, 3.05) is 6.61 Å². The number of Topliss-reactive ketones (excluding diaryl/α,β-unsaturated/α-hetero) is 1. The molecule has 0 N–H and O–H groups in total. The lowest BCUT2D eigenvalue weighted by Gasteiger charge is -2.36. The highest BCUT2D eigenvalue weighted by Gasteiger charge is 2.61. The van der Waals surface area contributed by atoms with Crippen molar-refractivity contribution >= 4 is 5.78 Å². The second-order valence-corrected chi connectivity index (χ2v) is 5.25. The Morgan fingerprint density at radius 3 is 3.07 bits per heavy atom. The lowest BCUT2D eigenvalue weighted by molar-refractivity contribution is -0.135. The third-order valence-corrected chi connectivity index (χ3v) is 4.84. The highest BCUT2D eigenvalue weighted by molar-refractivity contribution is 5.87. The molecule has 3 aliphatic rings. The van der Waals surface area contributed by atoms with Crippen LogP contribution in [-0.4, -0.2) is 18.5 Å². The summed E-state index contributed by atoms with van der Waals surface area (Å²) in [7, 11) is 0. The van der Waals surface area contributed by atoms with Crippen LogP contribution in [0.5, 0.6) is 0 Å². The van der Waals surface area contributed by atoms with Gasteiger partial charge in [-0.05, 0) is 44.4 Å². The Labute approximate surface area is 85.0 Å². The van der Waals surface area contributed by atoms with Crippen molar-refractivity contribution < 1.29 is 9.53 Å². The van der Waals surface area contributed by atoms with E-state index in [1.54, 1.807) is 0 Å². The second-order valence-electron chi connectivity index (χ2n) is 5.25. The first kappa shape index (κ1) is 8.90. The average Bonchev–Trinajstić information content (AvgIpc) is 2.68. The Kier molecular flexibility index (Phi) is 1.79. The molecule has 0 aromatic rings. The van der Waals surface area contributed by atoms with Gasteiger partial charge in [0.25, 0.3) is 0 Å². The number of hydrogen-bond acceptors (Lipinski definition) is 2. The molecule has 0 amide bonds. The first-order valence-corrected chi connectivity index (χ1v) is 5.90. The van der Waals surface area contributed by atoms with Gasteiger partial charge in [0.1, 0.15) is 5.78 Å². The van der Waals surface area contributed by atoms with Crippen molar-refractivity contribution in [3.8, 4) is 0 Å². The summed E-state index contributed by atoms with van der Waals surface area (Å²) in [5, 5.41) is 0. The van der Waals surface area contributed by atoms with Gasteiger partial charge in [-0.25, -0.2) is 0 Å². The number of ketones is 1. The van der Waals surface area contributed by atoms with Crippen LogP contribution in [0.25, 0.3) is 0 Å². The van der Waals surface area contributed by atoms with E-state index in [4.69, 9.17) is 4.74 Å². The summed E-state index contributed by atoms with van der Waals surface area (Å²) < 4.78 is 5.73. The predicted molar refractivity (Wildman–Crippen MR) is 52.9 cm³/mol. The lowest BCUT2D eigenvalue weighted by atomic mass is 9.64. The van der Waals surface area contributed by atoms with Crippen molar-refractivity contribution in [2.24, 2.45) is 17.3 Å². The molecule has 2 saturated carbocycles. The van der Waals surface area contributed by atoms with E-state index >= 15 is 0 Å². The molecule has 1 aliphatic heterocycles. The van der Waals surface area contributed by atoms with Gasteiger partial charge in [-0.3, -0.25) is 4.79 Å². The molecule has 0 radical (unpaired) electrons. The number of carbonyl (C=O) groups is 1. The minimum absolute atomic E-state index is 0.0301. The summed E-state index contributed by atoms with van der Waals surface area (Å²) in [4.78, 5) is 12.1. The van der Waals surface area contributed by atoms with Crippen LogP contribution in [0.2, 0.25) is 0 Å². The van der Waals surface area contributed by atoms with Crippen molar-refractivity contribution in [2.45, 2.75) is 45.1 Å². The Balaban J connectivity index is 2.01. The van der Waals surface area contributed by atoms with Crippen LogP contribution in [0.1, 0.15) is 39.0 Å². The van der Waals surface area contributed by atoms with Crippen LogP contribution >= 0.6 is 0 Å². The molecule has 3 rings (SSSR count). The standard InChI is InChI=1S/C12H18O2/c1-8-10-6-5-9-3-2-4-11(13)12(9,10)7-14-8/h8-10H,2-7H2,1H3/t8-,9+,10-,12+/m0/s1. The molecular weight excluding hydrogens is 176 g/mol. The van der Waals surface area contributed by atoms with Crippen LogP contribution in [0, 0.1) is 17.3 Å². The van der Waals surface area contributed by atoms with E-state index in [9.17, 15) is 4.79 Å². The first-order valence-electron chi connectivity index (χ1n) is 5.90. The van der Waals surface area contributed by atoms with Gasteiger partial charge in [-0.1, -0.05) is 0 Å². The minimum Gasteiger partial charge on any atom is -0.377 e. The average molecular weight is 194 g/mol. The smallest absolute Gasteiger partial charge is 0.141 e. The van der Waals surface area contributed by atoms with Gasteiger partial charge in [0, 0.05) is 6.42 Å². The predicted octanol–water partition coefficient (Wildman–Crippen LogP) is 2.17. The molecule has 1 heterocycles. The SMILES string of the molecule is C[C@@H]1OC[C@@]23C(=O)CCC[C@@H]2CC[C@@H]13. The van der Waals surface area contributed by atoms with E-state index in [0.29, 0.717) is 23.7 Å². The van der Waals surface area contributed by atoms with Gasteiger partial charge >= 0.3 is 0 Å². The van der Waals surface area contributed by atoms with Crippen LogP contribution in [-0.2, 0) is 9.53 Å². The molecule has 14 heavy (non-hydrogen) atoms. The number of hydrogen-bond donors (Lipinski definition) is 0. The number of carbonyl (C=O) groups excluding carboxylic acids is 1. The van der Waals surface area contributed by atoms with Gasteiger partial charge in [0.2, 0.25) is 0 Å². The van der Waals surface area contributed by atoms with E-state index in [2.05, 4.69) is 6.92 Å². The van der Waals surface area contributed by atoms with Crippen LogP contribution in [0.4, 0.5) is 0 Å². The fourth-order valence-electron chi connectivity index (χ4n) is 4.12. The van der Waals surface area contributed by atoms with Gasteiger partial charge in [-0.15, -0.1) is 0 Å². The number of ether oxygens (including phenoxy) is 1. The van der Waals surface area contributed by atoms with Crippen LogP contribution < -0.4 is 0 Å². The second kappa shape index (κ2) is 2.82. The summed E-state index contributed by atoms with van der Waals surface area (Å²) in [5.74, 6) is 1.71. The molecular formula is C12H18O2. The minimum atomic E-state index is -0.0301. The highest BCUT2D eigenvalue weighted by atomic mass is 16.5. The quantitative estimate of drug-likeness (QED) is 0.590. The highest BCUT2D eigenvalue weighted by Crippen LogP contribution is 2.58. The van der Waals surface area contributed by atoms with Crippen LogP contribution in [0.15, 0.2) is 0 Å². The maximum atomic E-state index is 12.1.